The highest BCUT2D eigenvalue weighted by molar-refractivity contribution is 5.88. The summed E-state index contributed by atoms with van der Waals surface area (Å²) >= 11 is 0. The number of rotatable bonds is 7. The first-order valence-electron chi connectivity index (χ1n) is 10.7. The topological polar surface area (TPSA) is 51.2 Å². The fourth-order valence-corrected chi connectivity index (χ4v) is 4.37. The van der Waals surface area contributed by atoms with Crippen LogP contribution in [0.15, 0.2) is 24.3 Å². The first-order valence-corrected chi connectivity index (χ1v) is 10.7. The zero-order valence-electron chi connectivity index (χ0n) is 16.7. The van der Waals surface area contributed by atoms with Crippen LogP contribution in [0.5, 0.6) is 5.75 Å². The van der Waals surface area contributed by atoms with Crippen LogP contribution in [-0.2, 0) is 19.7 Å². The minimum atomic E-state index is -0.481. The highest BCUT2D eigenvalue weighted by Crippen LogP contribution is 2.37. The van der Waals surface area contributed by atoms with Crippen molar-refractivity contribution < 1.29 is 19.0 Å². The molecule has 0 radical (unpaired) electrons. The second-order valence-electron chi connectivity index (χ2n) is 8.02. The quantitative estimate of drug-likeness (QED) is 0.670. The van der Waals surface area contributed by atoms with Crippen LogP contribution >= 0.6 is 0 Å². The molecule has 3 fully saturated rings. The summed E-state index contributed by atoms with van der Waals surface area (Å²) in [5.41, 5.74) is 0.603. The Labute approximate surface area is 167 Å². The van der Waals surface area contributed by atoms with Crippen LogP contribution in [0, 0.1) is 0 Å². The Kier molecular flexibility index (Phi) is 6.50. The molecule has 0 aromatic heterocycles. The van der Waals surface area contributed by atoms with Crippen LogP contribution in [0.2, 0.25) is 0 Å². The van der Waals surface area contributed by atoms with E-state index in [9.17, 15) is 4.79 Å². The molecule has 3 aliphatic rings. The van der Waals surface area contributed by atoms with E-state index in [2.05, 4.69) is 17.0 Å². The van der Waals surface area contributed by atoms with Crippen molar-refractivity contribution in [3.05, 3.63) is 29.8 Å². The predicted molar refractivity (Wildman–Crippen MR) is 107 cm³/mol. The monoisotopic (exact) mass is 388 g/mol. The molecule has 1 aromatic rings. The summed E-state index contributed by atoms with van der Waals surface area (Å²) in [6, 6.07) is 8.19. The molecule has 6 nitrogen and oxygen atoms in total. The van der Waals surface area contributed by atoms with Gasteiger partial charge in [0.25, 0.3) is 0 Å². The third-order valence-electron chi connectivity index (χ3n) is 6.30. The van der Waals surface area contributed by atoms with Crippen molar-refractivity contribution in [2.24, 2.45) is 0 Å². The smallest absolute Gasteiger partial charge is 0.233 e. The van der Waals surface area contributed by atoms with Gasteiger partial charge in [0.1, 0.15) is 5.75 Å². The molecule has 0 unspecified atom stereocenters. The maximum absolute atomic E-state index is 13.4. The van der Waals surface area contributed by atoms with Crippen LogP contribution in [0.4, 0.5) is 0 Å². The van der Waals surface area contributed by atoms with Crippen molar-refractivity contribution in [3.63, 3.8) is 0 Å². The first-order chi connectivity index (χ1) is 13.8. The fraction of sp³-hybridized carbons (Fsp3) is 0.682. The van der Waals surface area contributed by atoms with E-state index in [4.69, 9.17) is 14.2 Å². The lowest BCUT2D eigenvalue weighted by molar-refractivity contribution is -0.145. The Bertz CT molecular complexity index is 632. The molecule has 3 heterocycles. The fourth-order valence-electron chi connectivity index (χ4n) is 4.37. The number of likely N-dealkylation sites (tertiary alicyclic amines) is 1. The highest BCUT2D eigenvalue weighted by Gasteiger charge is 2.44. The van der Waals surface area contributed by atoms with E-state index in [0.29, 0.717) is 39.5 Å². The van der Waals surface area contributed by atoms with Gasteiger partial charge >= 0.3 is 0 Å². The highest BCUT2D eigenvalue weighted by atomic mass is 16.5. The van der Waals surface area contributed by atoms with E-state index in [0.717, 1.165) is 43.7 Å². The lowest BCUT2D eigenvalue weighted by Crippen LogP contribution is -2.53. The summed E-state index contributed by atoms with van der Waals surface area (Å²) in [5, 5.41) is 0. The SMILES string of the molecule is O=C(N1CCOCC1)C1(c2ccc(OCCCN3CCC3)cc2)CCOCC1. The zero-order valence-corrected chi connectivity index (χ0v) is 16.7. The Balaban J connectivity index is 1.40. The molecule has 4 rings (SSSR count). The lowest BCUT2D eigenvalue weighted by atomic mass is 9.73. The van der Waals surface area contributed by atoms with Gasteiger partial charge in [0, 0.05) is 32.8 Å². The van der Waals surface area contributed by atoms with Gasteiger partial charge in [0.2, 0.25) is 5.91 Å². The number of benzene rings is 1. The van der Waals surface area contributed by atoms with Gasteiger partial charge in [0.05, 0.1) is 25.2 Å². The lowest BCUT2D eigenvalue weighted by Gasteiger charge is -2.41. The van der Waals surface area contributed by atoms with E-state index in [1.54, 1.807) is 0 Å². The van der Waals surface area contributed by atoms with Crippen molar-refractivity contribution in [2.75, 3.05) is 65.8 Å². The van der Waals surface area contributed by atoms with E-state index in [1.807, 2.05) is 17.0 Å². The number of carbonyl (C=O) groups is 1. The number of nitrogens with zero attached hydrogens (tertiary/aromatic N) is 2. The Morgan fingerprint density at radius 2 is 1.64 bits per heavy atom. The molecule has 0 atom stereocenters. The summed E-state index contributed by atoms with van der Waals surface area (Å²) in [6.45, 7) is 8.20. The number of ether oxygens (including phenoxy) is 3. The van der Waals surface area contributed by atoms with Crippen molar-refractivity contribution in [3.8, 4) is 5.75 Å². The summed E-state index contributed by atoms with van der Waals surface area (Å²) < 4.78 is 16.9. The molecule has 0 bridgehead atoms. The molecule has 0 spiro atoms. The molecule has 6 heteroatoms. The molecular weight excluding hydrogens is 356 g/mol. The van der Waals surface area contributed by atoms with E-state index in [-0.39, 0.29) is 5.91 Å². The molecule has 1 amide bonds. The van der Waals surface area contributed by atoms with Crippen molar-refractivity contribution in [1.82, 2.24) is 9.80 Å². The Hall–Kier alpha value is -1.63. The van der Waals surface area contributed by atoms with E-state index >= 15 is 0 Å². The molecular formula is C22H32N2O4. The average Bonchev–Trinajstić information content (AvgIpc) is 2.73. The molecule has 3 aliphatic heterocycles. The Morgan fingerprint density at radius 3 is 2.29 bits per heavy atom. The van der Waals surface area contributed by atoms with Gasteiger partial charge in [-0.3, -0.25) is 4.79 Å². The zero-order chi connectivity index (χ0) is 19.2. The summed E-state index contributed by atoms with van der Waals surface area (Å²) in [7, 11) is 0. The van der Waals surface area contributed by atoms with Crippen molar-refractivity contribution >= 4 is 5.91 Å². The normalized spacial score (nSPS) is 22.5. The van der Waals surface area contributed by atoms with Crippen LogP contribution < -0.4 is 4.74 Å². The standard InChI is InChI=1S/C22H32N2O4/c25-21(24-12-17-27-18-13-24)22(7-15-26-16-8-22)19-3-5-20(6-4-19)28-14-2-11-23-9-1-10-23/h3-6H,1-2,7-18H2. The van der Waals surface area contributed by atoms with Gasteiger partial charge in [-0.05, 0) is 56.5 Å². The van der Waals surface area contributed by atoms with Crippen LogP contribution in [0.1, 0.15) is 31.2 Å². The summed E-state index contributed by atoms with van der Waals surface area (Å²) in [6.07, 6.45) is 3.86. The van der Waals surface area contributed by atoms with Crippen LogP contribution in [0.25, 0.3) is 0 Å². The number of carbonyl (C=O) groups excluding carboxylic acids is 1. The van der Waals surface area contributed by atoms with Gasteiger partial charge in [-0.2, -0.15) is 0 Å². The molecule has 1 aromatic carbocycles. The van der Waals surface area contributed by atoms with Gasteiger partial charge < -0.3 is 24.0 Å². The molecule has 0 aliphatic carbocycles. The van der Waals surface area contributed by atoms with Gasteiger partial charge in [-0.1, -0.05) is 12.1 Å². The molecule has 0 N–H and O–H groups in total. The number of amides is 1. The number of hydrogen-bond acceptors (Lipinski definition) is 5. The average molecular weight is 389 g/mol. The predicted octanol–water partition coefficient (Wildman–Crippen LogP) is 2.07. The molecule has 28 heavy (non-hydrogen) atoms. The van der Waals surface area contributed by atoms with E-state index < -0.39 is 5.41 Å². The largest absolute Gasteiger partial charge is 0.494 e. The minimum absolute atomic E-state index is 0.224. The van der Waals surface area contributed by atoms with Crippen LogP contribution in [0.3, 0.4) is 0 Å². The second-order valence-corrected chi connectivity index (χ2v) is 8.02. The minimum Gasteiger partial charge on any atom is -0.494 e. The molecule has 154 valence electrons. The van der Waals surface area contributed by atoms with Gasteiger partial charge in [-0.25, -0.2) is 0 Å². The third-order valence-corrected chi connectivity index (χ3v) is 6.30. The third kappa shape index (κ3) is 4.34. The van der Waals surface area contributed by atoms with Gasteiger partial charge in [0.15, 0.2) is 0 Å². The van der Waals surface area contributed by atoms with Crippen molar-refractivity contribution in [1.29, 1.82) is 0 Å². The molecule has 0 saturated carbocycles. The number of hydrogen-bond donors (Lipinski definition) is 0. The van der Waals surface area contributed by atoms with Crippen LogP contribution in [-0.4, -0.2) is 81.5 Å². The Morgan fingerprint density at radius 1 is 0.964 bits per heavy atom. The summed E-state index contributed by atoms with van der Waals surface area (Å²) in [5.74, 6) is 1.11. The summed E-state index contributed by atoms with van der Waals surface area (Å²) in [4.78, 5) is 17.9. The van der Waals surface area contributed by atoms with Gasteiger partial charge in [-0.15, -0.1) is 0 Å². The maximum Gasteiger partial charge on any atom is 0.233 e. The van der Waals surface area contributed by atoms with Crippen molar-refractivity contribution in [2.45, 2.75) is 31.1 Å². The molecule has 3 saturated heterocycles. The number of morpholine rings is 1. The van der Waals surface area contributed by atoms with E-state index in [1.165, 1.54) is 19.5 Å². The second kappa shape index (κ2) is 9.25. The maximum atomic E-state index is 13.4. The first kappa shape index (κ1) is 19.7.